The molecule has 0 fully saturated rings. The summed E-state index contributed by atoms with van der Waals surface area (Å²) in [7, 11) is 1.38. The Morgan fingerprint density at radius 3 is 2.88 bits per heavy atom. The summed E-state index contributed by atoms with van der Waals surface area (Å²) in [5, 5.41) is 8.56. The van der Waals surface area contributed by atoms with Crippen molar-refractivity contribution in [1.29, 1.82) is 0 Å². The van der Waals surface area contributed by atoms with Crippen molar-refractivity contribution >= 4 is 28.7 Å². The molecule has 1 heterocycles. The third kappa shape index (κ3) is 1.60. The number of fused-ring (bicyclic) bond motifs is 1. The molecule has 0 saturated heterocycles. The van der Waals surface area contributed by atoms with E-state index < -0.39 is 11.9 Å². The van der Waals surface area contributed by atoms with Crippen LogP contribution in [0.15, 0.2) is 29.0 Å². The number of benzene rings is 1. The van der Waals surface area contributed by atoms with Crippen molar-refractivity contribution in [2.24, 2.45) is 0 Å². The number of hydrogen-bond acceptors (Lipinski definition) is 4. The number of amides is 1. The number of carboxylic acids is 1. The molecular weight excluding hydrogens is 212 g/mol. The van der Waals surface area contributed by atoms with Crippen LogP contribution in [0.25, 0.3) is 11.1 Å². The van der Waals surface area contributed by atoms with Crippen LogP contribution in [0.3, 0.4) is 0 Å². The van der Waals surface area contributed by atoms with Crippen molar-refractivity contribution in [3.05, 3.63) is 24.6 Å². The lowest BCUT2D eigenvalue weighted by Gasteiger charge is -2.13. The van der Waals surface area contributed by atoms with Gasteiger partial charge < -0.3 is 14.4 Å². The van der Waals surface area contributed by atoms with E-state index >= 15 is 0 Å². The first-order valence-electron chi connectivity index (χ1n) is 4.44. The van der Waals surface area contributed by atoms with Crippen LogP contribution in [0.5, 0.6) is 0 Å². The monoisotopic (exact) mass is 220 g/mol. The molecule has 0 saturated carbocycles. The molecule has 0 aliphatic carbocycles. The highest BCUT2D eigenvalue weighted by Gasteiger charge is 2.19. The number of rotatable bonds is 1. The predicted octanol–water partition coefficient (Wildman–Crippen LogP) is 0.875. The summed E-state index contributed by atoms with van der Waals surface area (Å²) in [4.78, 5) is 26.6. The molecule has 82 valence electrons. The average Bonchev–Trinajstić information content (AvgIpc) is 2.73. The topological polar surface area (TPSA) is 83.6 Å². The molecule has 1 aromatic heterocycles. The summed E-state index contributed by atoms with van der Waals surface area (Å²) in [5.41, 5.74) is 1.60. The first kappa shape index (κ1) is 10.2. The van der Waals surface area contributed by atoms with Gasteiger partial charge in [-0.3, -0.25) is 4.79 Å². The zero-order chi connectivity index (χ0) is 11.7. The number of carbonyl (C=O) groups excluding carboxylic acids is 1. The highest BCUT2D eigenvalue weighted by atomic mass is 16.4. The maximum absolute atomic E-state index is 11.2. The molecule has 0 unspecified atom stereocenters. The Hall–Kier alpha value is -2.37. The Morgan fingerprint density at radius 2 is 2.19 bits per heavy atom. The Kier molecular flexibility index (Phi) is 2.32. The molecule has 6 nitrogen and oxygen atoms in total. The predicted molar refractivity (Wildman–Crippen MR) is 55.1 cm³/mol. The number of carboxylic acid groups (broad SMARTS) is 1. The van der Waals surface area contributed by atoms with E-state index in [0.29, 0.717) is 16.8 Å². The summed E-state index contributed by atoms with van der Waals surface area (Å²) in [6.45, 7) is 0. The lowest BCUT2D eigenvalue weighted by Crippen LogP contribution is -2.32. The molecule has 0 radical (unpaired) electrons. The summed E-state index contributed by atoms with van der Waals surface area (Å²) in [5.74, 6) is -2.50. The fourth-order valence-electron chi connectivity index (χ4n) is 1.31. The lowest BCUT2D eigenvalue weighted by atomic mass is 10.2. The Labute approximate surface area is 90.1 Å². The van der Waals surface area contributed by atoms with Gasteiger partial charge in [-0.1, -0.05) is 0 Å². The number of aromatic nitrogens is 1. The molecule has 0 atom stereocenters. The van der Waals surface area contributed by atoms with E-state index in [1.165, 1.54) is 13.4 Å². The van der Waals surface area contributed by atoms with Gasteiger partial charge in [-0.15, -0.1) is 0 Å². The fourth-order valence-corrected chi connectivity index (χ4v) is 1.31. The molecule has 2 rings (SSSR count). The van der Waals surface area contributed by atoms with Crippen LogP contribution < -0.4 is 4.90 Å². The number of oxazole rings is 1. The fraction of sp³-hybridized carbons (Fsp3) is 0.100. The van der Waals surface area contributed by atoms with Gasteiger partial charge in [-0.2, -0.15) is 0 Å². The van der Waals surface area contributed by atoms with Gasteiger partial charge in [0, 0.05) is 18.8 Å². The standard InChI is InChI=1S/C10H8N2O4/c1-12(9(13)10(14)15)6-2-3-7-8(4-6)16-5-11-7/h2-5H,1H3,(H,14,15). The van der Waals surface area contributed by atoms with Gasteiger partial charge in [0.15, 0.2) is 12.0 Å². The maximum atomic E-state index is 11.2. The van der Waals surface area contributed by atoms with E-state index in [4.69, 9.17) is 9.52 Å². The van der Waals surface area contributed by atoms with Crippen LogP contribution in [0.4, 0.5) is 5.69 Å². The molecule has 1 N–H and O–H groups in total. The molecule has 2 aromatic rings. The van der Waals surface area contributed by atoms with Crippen molar-refractivity contribution in [3.8, 4) is 0 Å². The van der Waals surface area contributed by atoms with Crippen molar-refractivity contribution in [2.75, 3.05) is 11.9 Å². The largest absolute Gasteiger partial charge is 0.474 e. The summed E-state index contributed by atoms with van der Waals surface area (Å²) in [6, 6.07) is 4.81. The number of carbonyl (C=O) groups is 2. The molecule has 1 aromatic carbocycles. The summed E-state index contributed by atoms with van der Waals surface area (Å²) in [6.07, 6.45) is 1.29. The van der Waals surface area contributed by atoms with Crippen LogP contribution in [0.1, 0.15) is 0 Å². The SMILES string of the molecule is CN(C(=O)C(=O)O)c1ccc2ncoc2c1. The number of aliphatic carboxylic acids is 1. The second kappa shape index (κ2) is 3.65. The zero-order valence-electron chi connectivity index (χ0n) is 8.38. The minimum absolute atomic E-state index is 0.441. The smallest absolute Gasteiger partial charge is 0.394 e. The van der Waals surface area contributed by atoms with E-state index in [0.717, 1.165) is 4.90 Å². The number of hydrogen-bond donors (Lipinski definition) is 1. The molecule has 0 bridgehead atoms. The Morgan fingerprint density at radius 1 is 1.44 bits per heavy atom. The van der Waals surface area contributed by atoms with Crippen LogP contribution in [0, 0.1) is 0 Å². The Bertz CT molecular complexity index is 561. The van der Waals surface area contributed by atoms with Gasteiger partial charge in [-0.05, 0) is 12.1 Å². The maximum Gasteiger partial charge on any atom is 0.394 e. The van der Waals surface area contributed by atoms with E-state index in [1.807, 2.05) is 0 Å². The Balaban J connectivity index is 2.39. The van der Waals surface area contributed by atoms with Crippen LogP contribution in [-0.2, 0) is 9.59 Å². The van der Waals surface area contributed by atoms with E-state index in [-0.39, 0.29) is 0 Å². The molecule has 0 spiro atoms. The van der Waals surface area contributed by atoms with Crippen molar-refractivity contribution < 1.29 is 19.1 Å². The van der Waals surface area contributed by atoms with E-state index in [1.54, 1.807) is 18.2 Å². The van der Waals surface area contributed by atoms with Gasteiger partial charge in [0.05, 0.1) is 0 Å². The minimum Gasteiger partial charge on any atom is -0.474 e. The third-order valence-corrected chi connectivity index (χ3v) is 2.19. The van der Waals surface area contributed by atoms with Crippen molar-refractivity contribution in [3.63, 3.8) is 0 Å². The summed E-state index contributed by atoms with van der Waals surface area (Å²) < 4.78 is 5.05. The first-order chi connectivity index (χ1) is 7.59. The molecule has 6 heteroatoms. The lowest BCUT2D eigenvalue weighted by molar-refractivity contribution is -0.148. The molecule has 0 aliphatic rings. The van der Waals surface area contributed by atoms with Gasteiger partial charge in [0.1, 0.15) is 5.52 Å². The quantitative estimate of drug-likeness (QED) is 0.721. The number of anilines is 1. The molecule has 16 heavy (non-hydrogen) atoms. The van der Waals surface area contributed by atoms with Crippen molar-refractivity contribution in [2.45, 2.75) is 0 Å². The average molecular weight is 220 g/mol. The van der Waals surface area contributed by atoms with Crippen LogP contribution in [0.2, 0.25) is 0 Å². The third-order valence-electron chi connectivity index (χ3n) is 2.19. The first-order valence-corrected chi connectivity index (χ1v) is 4.44. The minimum atomic E-state index is -1.50. The number of nitrogens with zero attached hydrogens (tertiary/aromatic N) is 2. The highest BCUT2D eigenvalue weighted by molar-refractivity contribution is 6.37. The number of likely N-dealkylation sites (N-methyl/N-ethyl adjacent to an activating group) is 1. The summed E-state index contributed by atoms with van der Waals surface area (Å²) >= 11 is 0. The molecule has 1 amide bonds. The van der Waals surface area contributed by atoms with Gasteiger partial charge in [-0.25, -0.2) is 9.78 Å². The zero-order valence-corrected chi connectivity index (χ0v) is 8.38. The highest BCUT2D eigenvalue weighted by Crippen LogP contribution is 2.20. The van der Waals surface area contributed by atoms with Crippen molar-refractivity contribution in [1.82, 2.24) is 4.98 Å². The van der Waals surface area contributed by atoms with Gasteiger partial charge >= 0.3 is 11.9 Å². The second-order valence-corrected chi connectivity index (χ2v) is 3.17. The van der Waals surface area contributed by atoms with Crippen LogP contribution in [-0.4, -0.2) is 29.0 Å². The normalized spacial score (nSPS) is 10.3. The van der Waals surface area contributed by atoms with Gasteiger partial charge in [0.2, 0.25) is 0 Å². The van der Waals surface area contributed by atoms with E-state index in [2.05, 4.69) is 4.98 Å². The van der Waals surface area contributed by atoms with Crippen LogP contribution >= 0.6 is 0 Å². The van der Waals surface area contributed by atoms with E-state index in [9.17, 15) is 9.59 Å². The molecule has 0 aliphatic heterocycles. The second-order valence-electron chi connectivity index (χ2n) is 3.17. The van der Waals surface area contributed by atoms with Gasteiger partial charge in [0.25, 0.3) is 0 Å². The molecular formula is C10H8N2O4.